The zero-order valence-electron chi connectivity index (χ0n) is 25.4. The van der Waals surface area contributed by atoms with E-state index in [1.165, 1.54) is 19.1 Å². The Balaban J connectivity index is 1.75. The van der Waals surface area contributed by atoms with E-state index in [1.54, 1.807) is 56.3 Å². The molecule has 45 heavy (non-hydrogen) atoms. The molecule has 0 bridgehead atoms. The Morgan fingerprint density at radius 2 is 1.51 bits per heavy atom. The van der Waals surface area contributed by atoms with Gasteiger partial charge in [-0.05, 0) is 48.9 Å². The van der Waals surface area contributed by atoms with Crippen LogP contribution in [0.2, 0.25) is 0 Å². The Kier molecular flexibility index (Phi) is 12.3. The maximum Gasteiger partial charge on any atom is 0.326 e. The Morgan fingerprint density at radius 3 is 2.09 bits per heavy atom. The summed E-state index contributed by atoms with van der Waals surface area (Å²) < 4.78 is 0. The van der Waals surface area contributed by atoms with Crippen LogP contribution in [0.15, 0.2) is 59.6 Å². The number of nitrogens with two attached hydrogens (primary N) is 1. The molecule has 4 amide bonds. The van der Waals surface area contributed by atoms with Crippen LogP contribution in [-0.4, -0.2) is 82.5 Å². The van der Waals surface area contributed by atoms with Crippen molar-refractivity contribution in [2.24, 2.45) is 16.6 Å². The Hall–Kier alpha value is -5.14. The highest BCUT2D eigenvalue weighted by molar-refractivity contribution is 5.95. The number of carboxylic acids is 1. The number of hydrogen-bond acceptors (Lipinski definition) is 9. The molecule has 0 unspecified atom stereocenters. The molecule has 5 atom stereocenters. The van der Waals surface area contributed by atoms with Gasteiger partial charge in [0.1, 0.15) is 23.9 Å². The normalized spacial score (nSPS) is 17.0. The van der Waals surface area contributed by atoms with Crippen LogP contribution < -0.4 is 32.3 Å². The number of urea groups is 1. The van der Waals surface area contributed by atoms with Gasteiger partial charge in [-0.15, -0.1) is 0 Å². The molecular weight excluding hydrogens is 582 g/mol. The van der Waals surface area contributed by atoms with E-state index >= 15 is 0 Å². The number of nitrogens with one attached hydrogen (secondary N) is 5. The maximum absolute atomic E-state index is 13.7. The summed E-state index contributed by atoms with van der Waals surface area (Å²) in [5, 5.41) is 32.5. The Labute approximate surface area is 261 Å². The average molecular weight is 624 g/mol. The van der Waals surface area contributed by atoms with Crippen LogP contribution >= 0.6 is 0 Å². The number of carbonyl (C=O) groups excluding carboxylic acids is 4. The van der Waals surface area contributed by atoms with E-state index in [0.717, 1.165) is 0 Å². The zero-order chi connectivity index (χ0) is 33.1. The van der Waals surface area contributed by atoms with Gasteiger partial charge in [0.05, 0.1) is 12.1 Å². The lowest BCUT2D eigenvalue weighted by Crippen LogP contribution is -2.65. The highest BCUT2D eigenvalue weighted by atomic mass is 16.4. The van der Waals surface area contributed by atoms with Gasteiger partial charge in [-0.3, -0.25) is 19.4 Å². The maximum atomic E-state index is 13.7. The fourth-order valence-electron chi connectivity index (χ4n) is 4.83. The van der Waals surface area contributed by atoms with Crippen molar-refractivity contribution in [3.05, 3.63) is 65.7 Å². The van der Waals surface area contributed by atoms with Crippen LogP contribution in [0, 0.1) is 5.92 Å². The first-order valence-corrected chi connectivity index (χ1v) is 14.6. The van der Waals surface area contributed by atoms with Crippen molar-refractivity contribution in [3.8, 4) is 5.75 Å². The number of aliphatic carboxylic acids is 1. The number of aliphatic imine (C=N–C) groups is 1. The lowest BCUT2D eigenvalue weighted by atomic mass is 9.98. The fraction of sp³-hybridized carbons (Fsp3) is 0.419. The summed E-state index contributed by atoms with van der Waals surface area (Å²) >= 11 is 0. The van der Waals surface area contributed by atoms with E-state index in [1.807, 2.05) is 0 Å². The molecule has 2 aromatic rings. The van der Waals surface area contributed by atoms with Gasteiger partial charge >= 0.3 is 12.0 Å². The number of amides is 4. The van der Waals surface area contributed by atoms with E-state index in [2.05, 4.69) is 31.6 Å². The third-order valence-corrected chi connectivity index (χ3v) is 7.34. The van der Waals surface area contributed by atoms with Gasteiger partial charge in [-0.25, -0.2) is 9.59 Å². The number of guanidine groups is 1. The van der Waals surface area contributed by atoms with Gasteiger partial charge in [-0.2, -0.15) is 0 Å². The summed E-state index contributed by atoms with van der Waals surface area (Å²) in [4.78, 5) is 68.6. The molecule has 0 fully saturated rings. The van der Waals surface area contributed by atoms with Crippen LogP contribution in [0.3, 0.4) is 0 Å². The van der Waals surface area contributed by atoms with Crippen LogP contribution in [0.25, 0.3) is 0 Å². The number of aromatic hydroxyl groups is 1. The number of rotatable bonds is 14. The topological polar surface area (TPSA) is 224 Å². The molecule has 0 aromatic heterocycles. The molecule has 242 valence electrons. The first-order valence-electron chi connectivity index (χ1n) is 14.6. The number of phenols is 1. The molecular formula is C31H41N7O7. The summed E-state index contributed by atoms with van der Waals surface area (Å²) in [6.07, 6.45) is 0.491. The van der Waals surface area contributed by atoms with Gasteiger partial charge in [0.25, 0.3) is 0 Å². The van der Waals surface area contributed by atoms with Crippen molar-refractivity contribution < 1.29 is 34.2 Å². The highest BCUT2D eigenvalue weighted by Gasteiger charge is 2.36. The summed E-state index contributed by atoms with van der Waals surface area (Å²) in [5.74, 6) is -3.17. The largest absolute Gasteiger partial charge is 0.508 e. The number of hydrogen-bond donors (Lipinski definition) is 8. The van der Waals surface area contributed by atoms with Crippen LogP contribution in [0.4, 0.5) is 4.79 Å². The van der Waals surface area contributed by atoms with E-state index in [-0.39, 0.29) is 36.9 Å². The number of carbonyl (C=O) groups is 5. The molecule has 14 heteroatoms. The molecule has 1 aliphatic heterocycles. The lowest BCUT2D eigenvalue weighted by Gasteiger charge is -2.32. The minimum atomic E-state index is -1.28. The van der Waals surface area contributed by atoms with Crippen LogP contribution in [-0.2, 0) is 32.0 Å². The van der Waals surface area contributed by atoms with E-state index < -0.39 is 59.9 Å². The van der Waals surface area contributed by atoms with Gasteiger partial charge in [-0.1, -0.05) is 56.3 Å². The predicted molar refractivity (Wildman–Crippen MR) is 166 cm³/mol. The minimum Gasteiger partial charge on any atom is -0.508 e. The number of carboxylic acid groups (broad SMARTS) is 1. The standard InChI is InChI=1S/C31H41N7O7/c1-17(2)25(27(41)34-23(18(3)39)15-20-9-11-21(40)12-10-20)37-28(42)26(22-13-14-33-30(32)35-22)38-31(45)36-24(29(43)44)16-19-7-5-4-6-8-19/h4-12,17,22-26,40H,13-16H2,1-3H3,(H,34,41)(H,37,42)(H,43,44)(H3,32,33,35)(H2,36,38,45)/t22-,23-,24-,25-,26-/m0/s1. The number of nitrogens with zero attached hydrogens (tertiary/aromatic N) is 1. The second kappa shape index (κ2) is 16.1. The molecule has 1 aliphatic rings. The molecule has 14 nitrogen and oxygen atoms in total. The summed E-state index contributed by atoms with van der Waals surface area (Å²) in [6, 6.07) is 8.82. The summed E-state index contributed by atoms with van der Waals surface area (Å²) in [7, 11) is 0. The number of ketones is 1. The van der Waals surface area contributed by atoms with E-state index in [0.29, 0.717) is 17.5 Å². The summed E-state index contributed by atoms with van der Waals surface area (Å²) in [5.41, 5.74) is 7.25. The molecule has 9 N–H and O–H groups in total. The first kappa shape index (κ1) is 34.4. The second-order valence-corrected chi connectivity index (χ2v) is 11.3. The fourth-order valence-corrected chi connectivity index (χ4v) is 4.83. The highest BCUT2D eigenvalue weighted by Crippen LogP contribution is 2.13. The average Bonchev–Trinajstić information content (AvgIpc) is 2.99. The molecule has 0 spiro atoms. The van der Waals surface area contributed by atoms with Crippen LogP contribution in [0.5, 0.6) is 5.75 Å². The molecule has 0 saturated carbocycles. The van der Waals surface area contributed by atoms with Crippen molar-refractivity contribution >= 4 is 35.6 Å². The van der Waals surface area contributed by atoms with E-state index in [4.69, 9.17) is 5.73 Å². The number of phenolic OH excluding ortho intramolecular Hbond substituents is 1. The SMILES string of the molecule is CC(=O)[C@H](Cc1ccc(O)cc1)NC(=O)[C@@H](NC(=O)[C@@H](NC(=O)N[C@@H](Cc1ccccc1)C(=O)O)[C@@H]1CCN=C(N)N1)C(C)C. The zero-order valence-corrected chi connectivity index (χ0v) is 25.4. The van der Waals surface area contributed by atoms with Crippen molar-refractivity contribution in [1.29, 1.82) is 0 Å². The predicted octanol–water partition coefficient (Wildman–Crippen LogP) is 0.190. The van der Waals surface area contributed by atoms with Gasteiger partial charge in [0.2, 0.25) is 11.8 Å². The van der Waals surface area contributed by atoms with Gasteiger partial charge in [0, 0.05) is 13.0 Å². The van der Waals surface area contributed by atoms with Crippen LogP contribution in [0.1, 0.15) is 38.3 Å². The summed E-state index contributed by atoms with van der Waals surface area (Å²) in [6.45, 7) is 5.05. The molecule has 0 saturated heterocycles. The monoisotopic (exact) mass is 623 g/mol. The number of benzene rings is 2. The minimum absolute atomic E-state index is 0.0127. The molecule has 0 aliphatic carbocycles. The third-order valence-electron chi connectivity index (χ3n) is 7.34. The molecule has 3 rings (SSSR count). The quantitative estimate of drug-likeness (QED) is 0.144. The smallest absolute Gasteiger partial charge is 0.326 e. The molecule has 0 radical (unpaired) electrons. The second-order valence-electron chi connectivity index (χ2n) is 11.3. The third kappa shape index (κ3) is 10.5. The van der Waals surface area contributed by atoms with E-state index in [9.17, 15) is 34.2 Å². The first-order chi connectivity index (χ1) is 21.3. The van der Waals surface area contributed by atoms with Crippen molar-refractivity contribution in [1.82, 2.24) is 26.6 Å². The Bertz CT molecular complexity index is 1380. The molecule has 1 heterocycles. The van der Waals surface area contributed by atoms with Crippen molar-refractivity contribution in [3.63, 3.8) is 0 Å². The number of Topliss-reactive ketones (excluding diaryl/α,β-unsaturated/α-hetero) is 1. The van der Waals surface area contributed by atoms with Crippen molar-refractivity contribution in [2.75, 3.05) is 6.54 Å². The Morgan fingerprint density at radius 1 is 0.889 bits per heavy atom. The lowest BCUT2D eigenvalue weighted by molar-refractivity contribution is -0.139. The van der Waals surface area contributed by atoms with Crippen molar-refractivity contribution in [2.45, 2.75) is 70.2 Å². The molecule has 2 aromatic carbocycles. The van der Waals surface area contributed by atoms with Gasteiger partial charge < -0.3 is 42.5 Å². The van der Waals surface area contributed by atoms with Gasteiger partial charge in [0.15, 0.2) is 11.7 Å².